The fourth-order valence-corrected chi connectivity index (χ4v) is 3.45. The number of Topliss-reactive ketones (excluding diaryl/α,β-unsaturated/α-hetero) is 1. The fourth-order valence-electron chi connectivity index (χ4n) is 3.45. The third kappa shape index (κ3) is 5.98. The van der Waals surface area contributed by atoms with Crippen molar-refractivity contribution in [1.82, 2.24) is 10.3 Å². The van der Waals surface area contributed by atoms with Gasteiger partial charge in [0.2, 0.25) is 11.8 Å². The summed E-state index contributed by atoms with van der Waals surface area (Å²) in [5, 5.41) is 6.39. The summed E-state index contributed by atoms with van der Waals surface area (Å²) in [6, 6.07) is 17.1. The van der Waals surface area contributed by atoms with E-state index in [2.05, 4.69) is 15.6 Å². The number of amides is 2. The minimum Gasteiger partial charge on any atom is -0.359 e. The van der Waals surface area contributed by atoms with Crippen LogP contribution in [-0.4, -0.2) is 29.6 Å². The second-order valence-corrected chi connectivity index (χ2v) is 7.55. The molecule has 1 aromatic heterocycles. The third-order valence-corrected chi connectivity index (χ3v) is 5.34. The SMILES string of the molecule is CNC(=O)CCCC(=O)Nc1ccc(C(C)C(=O)Cc2cccc3cccnc23)cc1. The van der Waals surface area contributed by atoms with E-state index in [1.165, 1.54) is 0 Å². The number of benzene rings is 2. The van der Waals surface area contributed by atoms with E-state index in [1.54, 1.807) is 25.4 Å². The van der Waals surface area contributed by atoms with Gasteiger partial charge in [0.15, 0.2) is 0 Å². The van der Waals surface area contributed by atoms with E-state index in [9.17, 15) is 14.4 Å². The van der Waals surface area contributed by atoms with Crippen molar-refractivity contribution < 1.29 is 14.4 Å². The molecular formula is C25H27N3O3. The van der Waals surface area contributed by atoms with E-state index in [4.69, 9.17) is 0 Å². The molecule has 0 aliphatic rings. The normalized spacial score (nSPS) is 11.7. The lowest BCUT2D eigenvalue weighted by Crippen LogP contribution is -2.18. The zero-order valence-corrected chi connectivity index (χ0v) is 17.9. The van der Waals surface area contributed by atoms with Crippen molar-refractivity contribution in [2.75, 3.05) is 12.4 Å². The number of carbonyl (C=O) groups excluding carboxylic acids is 3. The highest BCUT2D eigenvalue weighted by Gasteiger charge is 2.17. The number of para-hydroxylation sites is 1. The van der Waals surface area contributed by atoms with Gasteiger partial charge in [-0.2, -0.15) is 0 Å². The second kappa shape index (κ2) is 10.5. The molecule has 3 rings (SSSR count). The minimum atomic E-state index is -0.267. The Bertz CT molecular complexity index is 1070. The Hall–Kier alpha value is -3.54. The molecule has 0 saturated carbocycles. The van der Waals surface area contributed by atoms with E-state index >= 15 is 0 Å². The molecule has 0 aliphatic carbocycles. The molecule has 3 aromatic rings. The quantitative estimate of drug-likeness (QED) is 0.551. The van der Waals surface area contributed by atoms with E-state index in [1.807, 2.05) is 49.4 Å². The van der Waals surface area contributed by atoms with Crippen LogP contribution >= 0.6 is 0 Å². The molecular weight excluding hydrogens is 390 g/mol. The van der Waals surface area contributed by atoms with Gasteiger partial charge in [0, 0.05) is 49.5 Å². The predicted octanol–water partition coefficient (Wildman–Crippen LogP) is 4.00. The van der Waals surface area contributed by atoms with Crippen LogP contribution in [0.1, 0.15) is 43.2 Å². The van der Waals surface area contributed by atoms with Crippen LogP contribution in [0.25, 0.3) is 10.9 Å². The number of aromatic nitrogens is 1. The highest BCUT2D eigenvalue weighted by molar-refractivity contribution is 5.93. The summed E-state index contributed by atoms with van der Waals surface area (Å²) in [6.45, 7) is 1.90. The molecule has 1 atom stereocenters. The maximum absolute atomic E-state index is 12.9. The summed E-state index contributed by atoms with van der Waals surface area (Å²) in [5.41, 5.74) is 3.36. The number of nitrogens with zero attached hydrogens (tertiary/aromatic N) is 1. The van der Waals surface area contributed by atoms with E-state index in [0.717, 1.165) is 22.0 Å². The number of hydrogen-bond donors (Lipinski definition) is 2. The Kier molecular flexibility index (Phi) is 7.49. The van der Waals surface area contributed by atoms with Crippen LogP contribution in [-0.2, 0) is 20.8 Å². The number of pyridine rings is 1. The molecule has 0 saturated heterocycles. The van der Waals surface area contributed by atoms with Gasteiger partial charge >= 0.3 is 0 Å². The van der Waals surface area contributed by atoms with Crippen molar-refractivity contribution in [3.63, 3.8) is 0 Å². The van der Waals surface area contributed by atoms with Crippen molar-refractivity contribution in [2.24, 2.45) is 0 Å². The lowest BCUT2D eigenvalue weighted by molar-refractivity contribution is -0.121. The Morgan fingerprint density at radius 2 is 1.65 bits per heavy atom. The monoisotopic (exact) mass is 417 g/mol. The minimum absolute atomic E-state index is 0.0740. The number of ketones is 1. The summed E-state index contributed by atoms with van der Waals surface area (Å²) in [5.74, 6) is -0.361. The number of rotatable bonds is 9. The first-order chi connectivity index (χ1) is 15.0. The standard InChI is InChI=1S/C25H27N3O3/c1-17(22(29)16-20-7-3-6-19-8-5-15-27-25(19)20)18-11-13-21(14-12-18)28-24(31)10-4-9-23(30)26-2/h3,5-8,11-15,17H,4,9-10,16H2,1-2H3,(H,26,30)(H,28,31). The average molecular weight is 418 g/mol. The third-order valence-electron chi connectivity index (χ3n) is 5.34. The predicted molar refractivity (Wildman–Crippen MR) is 122 cm³/mol. The van der Waals surface area contributed by atoms with E-state index in [0.29, 0.717) is 24.9 Å². The first kappa shape index (κ1) is 22.2. The average Bonchev–Trinajstić information content (AvgIpc) is 2.79. The summed E-state index contributed by atoms with van der Waals surface area (Å²) in [6.07, 6.45) is 3.17. The zero-order chi connectivity index (χ0) is 22.2. The van der Waals surface area contributed by atoms with Crippen molar-refractivity contribution in [3.05, 3.63) is 71.9 Å². The summed E-state index contributed by atoms with van der Waals surface area (Å²) in [7, 11) is 1.58. The molecule has 0 fully saturated rings. The molecule has 2 amide bonds. The summed E-state index contributed by atoms with van der Waals surface area (Å²) >= 11 is 0. The van der Waals surface area contributed by atoms with Gasteiger partial charge in [-0.25, -0.2) is 0 Å². The Morgan fingerprint density at radius 1 is 0.935 bits per heavy atom. The molecule has 1 heterocycles. The summed E-state index contributed by atoms with van der Waals surface area (Å²) in [4.78, 5) is 40.5. The zero-order valence-electron chi connectivity index (χ0n) is 17.9. The van der Waals surface area contributed by atoms with Gasteiger partial charge in [-0.15, -0.1) is 0 Å². The van der Waals surface area contributed by atoms with Crippen molar-refractivity contribution in [3.8, 4) is 0 Å². The molecule has 0 aliphatic heterocycles. The van der Waals surface area contributed by atoms with Gasteiger partial charge in [-0.3, -0.25) is 19.4 Å². The number of nitrogens with one attached hydrogen (secondary N) is 2. The van der Waals surface area contributed by atoms with Crippen molar-refractivity contribution in [1.29, 1.82) is 0 Å². The molecule has 2 aromatic carbocycles. The first-order valence-electron chi connectivity index (χ1n) is 10.4. The van der Waals surface area contributed by atoms with Crippen LogP contribution in [0.2, 0.25) is 0 Å². The molecule has 31 heavy (non-hydrogen) atoms. The van der Waals surface area contributed by atoms with Crippen LogP contribution in [0.4, 0.5) is 5.69 Å². The number of carbonyl (C=O) groups is 3. The van der Waals surface area contributed by atoms with E-state index in [-0.39, 0.29) is 29.9 Å². The molecule has 0 radical (unpaired) electrons. The highest BCUT2D eigenvalue weighted by atomic mass is 16.2. The van der Waals surface area contributed by atoms with E-state index < -0.39 is 0 Å². The van der Waals surface area contributed by atoms with Crippen LogP contribution in [0.3, 0.4) is 0 Å². The van der Waals surface area contributed by atoms with Gasteiger partial charge in [0.25, 0.3) is 0 Å². The van der Waals surface area contributed by atoms with Crippen molar-refractivity contribution >= 4 is 34.2 Å². The highest BCUT2D eigenvalue weighted by Crippen LogP contribution is 2.23. The number of hydrogen-bond acceptors (Lipinski definition) is 4. The van der Waals surface area contributed by atoms with Crippen LogP contribution in [0, 0.1) is 0 Å². The second-order valence-electron chi connectivity index (χ2n) is 7.55. The molecule has 2 N–H and O–H groups in total. The number of anilines is 1. The van der Waals surface area contributed by atoms with Gasteiger partial charge in [0.05, 0.1) is 5.52 Å². The Morgan fingerprint density at radius 3 is 2.39 bits per heavy atom. The molecule has 1 unspecified atom stereocenters. The lowest BCUT2D eigenvalue weighted by atomic mass is 9.92. The van der Waals surface area contributed by atoms with Gasteiger partial charge in [-0.1, -0.05) is 43.3 Å². The Labute approximate surface area is 182 Å². The fraction of sp³-hybridized carbons (Fsp3) is 0.280. The molecule has 0 spiro atoms. The maximum Gasteiger partial charge on any atom is 0.224 e. The van der Waals surface area contributed by atoms with Crippen molar-refractivity contribution in [2.45, 2.75) is 38.5 Å². The largest absolute Gasteiger partial charge is 0.359 e. The van der Waals surface area contributed by atoms with Crippen LogP contribution < -0.4 is 10.6 Å². The molecule has 0 bridgehead atoms. The first-order valence-corrected chi connectivity index (χ1v) is 10.4. The van der Waals surface area contributed by atoms with Gasteiger partial charge in [-0.05, 0) is 35.7 Å². The van der Waals surface area contributed by atoms with Gasteiger partial charge < -0.3 is 10.6 Å². The molecule has 6 nitrogen and oxygen atoms in total. The Balaban J connectivity index is 1.58. The maximum atomic E-state index is 12.9. The smallest absolute Gasteiger partial charge is 0.224 e. The molecule has 6 heteroatoms. The number of fused-ring (bicyclic) bond motifs is 1. The van der Waals surface area contributed by atoms with Gasteiger partial charge in [0.1, 0.15) is 5.78 Å². The van der Waals surface area contributed by atoms with Crippen LogP contribution in [0.5, 0.6) is 0 Å². The molecule has 160 valence electrons. The summed E-state index contributed by atoms with van der Waals surface area (Å²) < 4.78 is 0. The topological polar surface area (TPSA) is 88.2 Å². The van der Waals surface area contributed by atoms with Crippen LogP contribution in [0.15, 0.2) is 60.8 Å². The lowest BCUT2D eigenvalue weighted by Gasteiger charge is -2.13.